The summed E-state index contributed by atoms with van der Waals surface area (Å²) in [6.07, 6.45) is 13.4. The van der Waals surface area contributed by atoms with Gasteiger partial charge in [0.25, 0.3) is 0 Å². The van der Waals surface area contributed by atoms with Gasteiger partial charge in [-0.15, -0.1) is 0 Å². The molecule has 3 nitrogen and oxygen atoms in total. The molecule has 0 aromatic rings. The Hall–Kier alpha value is -1.77. The molecule has 0 spiro atoms. The molecule has 0 radical (unpaired) electrons. The van der Waals surface area contributed by atoms with Crippen LogP contribution in [-0.2, 0) is 4.79 Å². The number of Topliss-reactive ketones (excluding diaryl/α,β-unsaturated/α-hetero) is 1. The van der Waals surface area contributed by atoms with Gasteiger partial charge in [0.15, 0.2) is 5.78 Å². The Morgan fingerprint density at radius 3 is 1.65 bits per heavy atom. The van der Waals surface area contributed by atoms with Crippen molar-refractivity contribution in [2.75, 3.05) is 28.2 Å². The largest absolute Gasteiger partial charge is 0.383 e. The Labute approximate surface area is 122 Å². The van der Waals surface area contributed by atoms with Gasteiger partial charge in [0.05, 0.1) is 0 Å². The first kappa shape index (κ1) is 16.3. The van der Waals surface area contributed by atoms with Gasteiger partial charge >= 0.3 is 0 Å². The third-order valence-corrected chi connectivity index (χ3v) is 3.08. The van der Waals surface area contributed by atoms with Gasteiger partial charge in [-0.1, -0.05) is 19.1 Å². The van der Waals surface area contributed by atoms with Crippen LogP contribution in [0.2, 0.25) is 0 Å². The summed E-state index contributed by atoms with van der Waals surface area (Å²) in [5.41, 5.74) is 1.82. The summed E-state index contributed by atoms with van der Waals surface area (Å²) in [7, 11) is 7.88. The topological polar surface area (TPSA) is 23.6 Å². The quantitative estimate of drug-likeness (QED) is 0.736. The van der Waals surface area contributed by atoms with Gasteiger partial charge in [-0.2, -0.15) is 0 Å². The van der Waals surface area contributed by atoms with Gasteiger partial charge in [-0.25, -0.2) is 0 Å². The number of ketones is 1. The van der Waals surface area contributed by atoms with Crippen molar-refractivity contribution < 1.29 is 4.79 Å². The SMILES string of the molecule is CC1C/C(=C\C=C/N(C)C)C(=O)/C(=C/C=C\N(C)C)C1. The summed E-state index contributed by atoms with van der Waals surface area (Å²) >= 11 is 0. The Morgan fingerprint density at radius 2 is 1.30 bits per heavy atom. The predicted octanol–water partition coefficient (Wildman–Crippen LogP) is 2.99. The maximum absolute atomic E-state index is 12.4. The molecule has 1 fully saturated rings. The van der Waals surface area contributed by atoms with Gasteiger partial charge in [-0.3, -0.25) is 4.79 Å². The van der Waals surface area contributed by atoms with Crippen LogP contribution < -0.4 is 0 Å². The zero-order valence-corrected chi connectivity index (χ0v) is 13.3. The van der Waals surface area contributed by atoms with Crippen molar-refractivity contribution in [3.63, 3.8) is 0 Å². The molecule has 0 atom stereocenters. The Bertz CT molecular complexity index is 414. The van der Waals surface area contributed by atoms with Crippen molar-refractivity contribution >= 4 is 5.78 Å². The highest BCUT2D eigenvalue weighted by Crippen LogP contribution is 2.29. The summed E-state index contributed by atoms with van der Waals surface area (Å²) in [5.74, 6) is 0.709. The normalized spacial score (nSPS) is 24.2. The van der Waals surface area contributed by atoms with Crippen LogP contribution in [0.1, 0.15) is 19.8 Å². The second-order valence-electron chi connectivity index (χ2n) is 5.84. The number of hydrogen-bond acceptors (Lipinski definition) is 3. The van der Waals surface area contributed by atoms with Crippen molar-refractivity contribution in [1.82, 2.24) is 9.80 Å². The van der Waals surface area contributed by atoms with Gasteiger partial charge in [0, 0.05) is 39.3 Å². The van der Waals surface area contributed by atoms with Gasteiger partial charge < -0.3 is 9.80 Å². The maximum atomic E-state index is 12.4. The van der Waals surface area contributed by atoms with Gasteiger partial charge in [-0.05, 0) is 43.3 Å². The van der Waals surface area contributed by atoms with Crippen LogP contribution in [0.15, 0.2) is 47.9 Å². The fourth-order valence-electron chi connectivity index (χ4n) is 2.16. The lowest BCUT2D eigenvalue weighted by Gasteiger charge is -2.22. The molecule has 3 heteroatoms. The lowest BCUT2D eigenvalue weighted by Crippen LogP contribution is -2.18. The highest BCUT2D eigenvalue weighted by atomic mass is 16.1. The minimum absolute atomic E-state index is 0.190. The van der Waals surface area contributed by atoms with Crippen LogP contribution in [0.5, 0.6) is 0 Å². The lowest BCUT2D eigenvalue weighted by atomic mass is 9.82. The van der Waals surface area contributed by atoms with Crippen LogP contribution in [0, 0.1) is 5.92 Å². The number of hydrogen-bond donors (Lipinski definition) is 0. The highest BCUT2D eigenvalue weighted by molar-refractivity contribution is 6.09. The van der Waals surface area contributed by atoms with Crippen molar-refractivity contribution in [3.8, 4) is 0 Å². The molecule has 110 valence electrons. The zero-order valence-electron chi connectivity index (χ0n) is 13.3. The molecular formula is C17H26N2O. The van der Waals surface area contributed by atoms with Crippen LogP contribution >= 0.6 is 0 Å². The molecule has 1 aliphatic carbocycles. The molecule has 0 aromatic carbocycles. The molecule has 1 rings (SSSR count). The Kier molecular flexibility index (Phi) is 6.29. The van der Waals surface area contributed by atoms with E-state index in [2.05, 4.69) is 6.92 Å². The van der Waals surface area contributed by atoms with Crippen LogP contribution in [0.25, 0.3) is 0 Å². The molecule has 1 aliphatic rings. The number of rotatable bonds is 4. The monoisotopic (exact) mass is 274 g/mol. The number of nitrogens with zero attached hydrogens (tertiary/aromatic N) is 2. The maximum Gasteiger partial charge on any atom is 0.185 e. The first-order valence-corrected chi connectivity index (χ1v) is 7.02. The first-order valence-electron chi connectivity index (χ1n) is 7.02. The average Bonchev–Trinajstić information content (AvgIpc) is 2.33. The smallest absolute Gasteiger partial charge is 0.185 e. The second kappa shape index (κ2) is 7.73. The second-order valence-corrected chi connectivity index (χ2v) is 5.84. The molecule has 0 unspecified atom stereocenters. The van der Waals surface area contributed by atoms with E-state index < -0.39 is 0 Å². The van der Waals surface area contributed by atoms with E-state index >= 15 is 0 Å². The minimum Gasteiger partial charge on any atom is -0.383 e. The molecular weight excluding hydrogens is 248 g/mol. The fraction of sp³-hybridized carbons (Fsp3) is 0.471. The van der Waals surface area contributed by atoms with Crippen LogP contribution in [0.4, 0.5) is 0 Å². The molecule has 1 saturated carbocycles. The molecule has 20 heavy (non-hydrogen) atoms. The van der Waals surface area contributed by atoms with E-state index in [1.165, 1.54) is 0 Å². The van der Waals surface area contributed by atoms with E-state index in [1.807, 2.05) is 74.7 Å². The molecule has 0 heterocycles. The van der Waals surface area contributed by atoms with E-state index in [1.54, 1.807) is 0 Å². The fourth-order valence-corrected chi connectivity index (χ4v) is 2.16. The molecule has 0 N–H and O–H groups in total. The van der Waals surface area contributed by atoms with Gasteiger partial charge in [0.1, 0.15) is 0 Å². The third-order valence-electron chi connectivity index (χ3n) is 3.08. The minimum atomic E-state index is 0.190. The molecule has 0 aromatic heterocycles. The third kappa shape index (κ3) is 5.47. The molecule has 0 aliphatic heterocycles. The Morgan fingerprint density at radius 1 is 0.900 bits per heavy atom. The molecule has 0 amide bonds. The van der Waals surface area contributed by atoms with Crippen LogP contribution in [0.3, 0.4) is 0 Å². The lowest BCUT2D eigenvalue weighted by molar-refractivity contribution is -0.113. The number of carbonyl (C=O) groups excluding carboxylic acids is 1. The van der Waals surface area contributed by atoms with Crippen LogP contribution in [-0.4, -0.2) is 43.8 Å². The van der Waals surface area contributed by atoms with E-state index in [9.17, 15) is 4.79 Å². The molecule has 0 saturated heterocycles. The van der Waals surface area contributed by atoms with Crippen molar-refractivity contribution in [1.29, 1.82) is 0 Å². The van der Waals surface area contributed by atoms with E-state index in [-0.39, 0.29) is 5.78 Å². The average molecular weight is 274 g/mol. The molecule has 0 bridgehead atoms. The highest BCUT2D eigenvalue weighted by Gasteiger charge is 2.24. The summed E-state index contributed by atoms with van der Waals surface area (Å²) in [6, 6.07) is 0. The summed E-state index contributed by atoms with van der Waals surface area (Å²) in [5, 5.41) is 0. The first-order chi connectivity index (χ1) is 9.40. The van der Waals surface area contributed by atoms with E-state index in [4.69, 9.17) is 0 Å². The van der Waals surface area contributed by atoms with Crippen molar-refractivity contribution in [3.05, 3.63) is 47.9 Å². The summed E-state index contributed by atoms with van der Waals surface area (Å²) in [6.45, 7) is 2.19. The Balaban J connectivity index is 2.87. The summed E-state index contributed by atoms with van der Waals surface area (Å²) in [4.78, 5) is 16.3. The summed E-state index contributed by atoms with van der Waals surface area (Å²) < 4.78 is 0. The van der Waals surface area contributed by atoms with Crippen molar-refractivity contribution in [2.45, 2.75) is 19.8 Å². The zero-order chi connectivity index (χ0) is 15.1. The van der Waals surface area contributed by atoms with Crippen molar-refractivity contribution in [2.24, 2.45) is 5.92 Å². The van der Waals surface area contributed by atoms with Gasteiger partial charge in [0.2, 0.25) is 0 Å². The number of carbonyl (C=O) groups is 1. The standard InChI is InChI=1S/C17H26N2O/c1-14-12-15(8-6-10-18(2)3)17(20)16(13-14)9-7-11-19(4)5/h6-11,14H,12-13H2,1-5H3/b10-6-,11-7-,15-8+,16-9+. The van der Waals surface area contributed by atoms with E-state index in [0.29, 0.717) is 5.92 Å². The van der Waals surface area contributed by atoms with E-state index in [0.717, 1.165) is 24.0 Å². The predicted molar refractivity (Wildman–Crippen MR) is 85.2 cm³/mol. The number of allylic oxidation sites excluding steroid dienone is 6.